The zero-order valence-electron chi connectivity index (χ0n) is 12.9. The second-order valence-corrected chi connectivity index (χ2v) is 6.56. The van der Waals surface area contributed by atoms with Crippen LogP contribution in [-0.2, 0) is 13.0 Å². The standard InChI is InChI=1S/C16H18N6S/c1-2-13-4-3-5-14(18-13)19-16-20-15(21-23-16)12-8-17-22(10-12)9-11-6-7-11/h3-5,8,10-11H,2,6-7,9H2,1H3,(H,18,19,20,21). The van der Waals surface area contributed by atoms with Gasteiger partial charge in [-0.05, 0) is 37.3 Å². The summed E-state index contributed by atoms with van der Waals surface area (Å²) in [5.74, 6) is 2.32. The minimum Gasteiger partial charge on any atom is -0.315 e. The zero-order chi connectivity index (χ0) is 15.6. The van der Waals surface area contributed by atoms with E-state index in [1.165, 1.54) is 24.4 Å². The Hall–Kier alpha value is -2.28. The molecule has 0 bridgehead atoms. The van der Waals surface area contributed by atoms with Crippen LogP contribution in [0.15, 0.2) is 30.6 Å². The van der Waals surface area contributed by atoms with Crippen molar-refractivity contribution in [2.24, 2.45) is 5.92 Å². The number of aromatic nitrogens is 5. The molecule has 7 heteroatoms. The fourth-order valence-electron chi connectivity index (χ4n) is 2.39. The van der Waals surface area contributed by atoms with Crippen LogP contribution in [0.25, 0.3) is 11.4 Å². The Kier molecular flexibility index (Phi) is 3.78. The van der Waals surface area contributed by atoms with Gasteiger partial charge in [0.05, 0.1) is 11.8 Å². The Balaban J connectivity index is 1.48. The molecule has 4 rings (SSSR count). The predicted molar refractivity (Wildman–Crippen MR) is 90.8 cm³/mol. The number of nitrogens with zero attached hydrogens (tertiary/aromatic N) is 5. The molecule has 1 saturated carbocycles. The maximum Gasteiger partial charge on any atom is 0.208 e. The van der Waals surface area contributed by atoms with E-state index in [-0.39, 0.29) is 0 Å². The van der Waals surface area contributed by atoms with Crippen LogP contribution in [0.1, 0.15) is 25.5 Å². The molecule has 0 saturated heterocycles. The molecule has 118 valence electrons. The van der Waals surface area contributed by atoms with Gasteiger partial charge in [-0.2, -0.15) is 14.5 Å². The Morgan fingerprint density at radius 3 is 3.04 bits per heavy atom. The molecule has 3 heterocycles. The molecule has 0 aliphatic heterocycles. The van der Waals surface area contributed by atoms with Gasteiger partial charge in [0.15, 0.2) is 5.82 Å². The van der Waals surface area contributed by atoms with E-state index in [0.717, 1.165) is 41.1 Å². The summed E-state index contributed by atoms with van der Waals surface area (Å²) in [7, 11) is 0. The molecule has 0 spiro atoms. The first kappa shape index (κ1) is 14.3. The van der Waals surface area contributed by atoms with Gasteiger partial charge in [0.25, 0.3) is 0 Å². The number of rotatable bonds is 6. The summed E-state index contributed by atoms with van der Waals surface area (Å²) in [5, 5.41) is 8.37. The summed E-state index contributed by atoms with van der Waals surface area (Å²) in [6.45, 7) is 3.09. The van der Waals surface area contributed by atoms with Gasteiger partial charge in [0.2, 0.25) is 5.13 Å². The number of hydrogen-bond donors (Lipinski definition) is 1. The third kappa shape index (κ3) is 3.39. The van der Waals surface area contributed by atoms with Gasteiger partial charge in [-0.1, -0.05) is 13.0 Å². The number of pyridine rings is 1. The summed E-state index contributed by atoms with van der Waals surface area (Å²) >= 11 is 1.34. The molecule has 3 aromatic rings. The van der Waals surface area contributed by atoms with Gasteiger partial charge in [0.1, 0.15) is 5.82 Å². The highest BCUT2D eigenvalue weighted by molar-refractivity contribution is 7.09. The lowest BCUT2D eigenvalue weighted by atomic mass is 10.3. The zero-order valence-corrected chi connectivity index (χ0v) is 13.8. The fraction of sp³-hybridized carbons (Fsp3) is 0.375. The predicted octanol–water partition coefficient (Wildman–Crippen LogP) is 3.51. The molecule has 3 aromatic heterocycles. The van der Waals surface area contributed by atoms with Crippen molar-refractivity contribution in [2.45, 2.75) is 32.7 Å². The molecular weight excluding hydrogens is 308 g/mol. The summed E-state index contributed by atoms with van der Waals surface area (Å²) in [6, 6.07) is 5.96. The van der Waals surface area contributed by atoms with Crippen LogP contribution in [0.2, 0.25) is 0 Å². The van der Waals surface area contributed by atoms with Crippen molar-refractivity contribution >= 4 is 22.5 Å². The van der Waals surface area contributed by atoms with E-state index >= 15 is 0 Å². The highest BCUT2D eigenvalue weighted by atomic mass is 32.1. The first-order chi connectivity index (χ1) is 11.3. The molecule has 0 atom stereocenters. The molecule has 1 fully saturated rings. The van der Waals surface area contributed by atoms with Crippen LogP contribution in [0, 0.1) is 5.92 Å². The number of anilines is 2. The second-order valence-electron chi connectivity index (χ2n) is 5.81. The maximum absolute atomic E-state index is 4.54. The lowest BCUT2D eigenvalue weighted by molar-refractivity contribution is 0.563. The van der Waals surface area contributed by atoms with Crippen LogP contribution in [-0.4, -0.2) is 24.1 Å². The third-order valence-corrected chi connectivity index (χ3v) is 4.49. The lowest BCUT2D eigenvalue weighted by Gasteiger charge is -2.02. The second kappa shape index (κ2) is 6.08. The van der Waals surface area contributed by atoms with Crippen molar-refractivity contribution in [2.75, 3.05) is 5.32 Å². The summed E-state index contributed by atoms with van der Waals surface area (Å²) in [4.78, 5) is 9.07. The minimum absolute atomic E-state index is 0.714. The molecule has 0 amide bonds. The Morgan fingerprint density at radius 2 is 2.22 bits per heavy atom. The maximum atomic E-state index is 4.54. The van der Waals surface area contributed by atoms with Crippen molar-refractivity contribution in [3.05, 3.63) is 36.3 Å². The number of nitrogens with one attached hydrogen (secondary N) is 1. The van der Waals surface area contributed by atoms with E-state index in [1.54, 1.807) is 0 Å². The highest BCUT2D eigenvalue weighted by Gasteiger charge is 2.22. The first-order valence-corrected chi connectivity index (χ1v) is 8.67. The Labute approximate surface area is 138 Å². The van der Waals surface area contributed by atoms with Crippen molar-refractivity contribution in [1.82, 2.24) is 24.1 Å². The van der Waals surface area contributed by atoms with Gasteiger partial charge < -0.3 is 5.32 Å². The summed E-state index contributed by atoms with van der Waals surface area (Å²) in [6.07, 6.45) is 7.42. The molecule has 0 aromatic carbocycles. The van der Waals surface area contributed by atoms with Gasteiger partial charge >= 0.3 is 0 Å². The van der Waals surface area contributed by atoms with Crippen LogP contribution in [0.5, 0.6) is 0 Å². The molecule has 6 nitrogen and oxygen atoms in total. The van der Waals surface area contributed by atoms with Gasteiger partial charge in [-0.15, -0.1) is 0 Å². The van der Waals surface area contributed by atoms with Crippen molar-refractivity contribution in [1.29, 1.82) is 0 Å². The third-order valence-electron chi connectivity index (χ3n) is 3.86. The Bertz CT molecular complexity index is 804. The van der Waals surface area contributed by atoms with Gasteiger partial charge in [-0.25, -0.2) is 4.98 Å². The lowest BCUT2D eigenvalue weighted by Crippen LogP contribution is -1.99. The Morgan fingerprint density at radius 1 is 1.30 bits per heavy atom. The normalized spacial score (nSPS) is 14.1. The monoisotopic (exact) mass is 326 g/mol. The molecule has 0 radical (unpaired) electrons. The number of aryl methyl sites for hydroxylation is 1. The smallest absolute Gasteiger partial charge is 0.208 e. The van der Waals surface area contributed by atoms with Crippen LogP contribution < -0.4 is 5.32 Å². The topological polar surface area (TPSA) is 68.5 Å². The molecule has 1 aliphatic rings. The van der Waals surface area contributed by atoms with E-state index in [1.807, 2.05) is 35.3 Å². The molecular formula is C16H18N6S. The number of hydrogen-bond acceptors (Lipinski definition) is 6. The fourth-order valence-corrected chi connectivity index (χ4v) is 2.99. The van der Waals surface area contributed by atoms with Gasteiger partial charge in [0, 0.05) is 30.0 Å². The van der Waals surface area contributed by atoms with Gasteiger partial charge in [-0.3, -0.25) is 4.68 Å². The van der Waals surface area contributed by atoms with E-state index in [9.17, 15) is 0 Å². The molecule has 0 unspecified atom stereocenters. The molecule has 1 aliphatic carbocycles. The molecule has 1 N–H and O–H groups in total. The van der Waals surface area contributed by atoms with Crippen molar-refractivity contribution < 1.29 is 0 Å². The van der Waals surface area contributed by atoms with Crippen molar-refractivity contribution in [3.8, 4) is 11.4 Å². The minimum atomic E-state index is 0.714. The average Bonchev–Trinajstić information content (AvgIpc) is 3.06. The highest BCUT2D eigenvalue weighted by Crippen LogP contribution is 2.31. The van der Waals surface area contributed by atoms with Crippen LogP contribution >= 0.6 is 11.5 Å². The van der Waals surface area contributed by atoms with E-state index in [0.29, 0.717) is 5.82 Å². The quantitative estimate of drug-likeness (QED) is 0.750. The van der Waals surface area contributed by atoms with E-state index in [4.69, 9.17) is 0 Å². The summed E-state index contributed by atoms with van der Waals surface area (Å²) < 4.78 is 6.41. The van der Waals surface area contributed by atoms with Crippen LogP contribution in [0.3, 0.4) is 0 Å². The average molecular weight is 326 g/mol. The molecule has 23 heavy (non-hydrogen) atoms. The van der Waals surface area contributed by atoms with E-state index in [2.05, 4.69) is 31.7 Å². The summed E-state index contributed by atoms with van der Waals surface area (Å²) in [5.41, 5.74) is 2.02. The van der Waals surface area contributed by atoms with Crippen LogP contribution in [0.4, 0.5) is 10.9 Å². The first-order valence-electron chi connectivity index (χ1n) is 7.89. The SMILES string of the molecule is CCc1cccc(Nc2nc(-c3cnn(CC4CC4)c3)ns2)n1. The van der Waals surface area contributed by atoms with Crippen molar-refractivity contribution in [3.63, 3.8) is 0 Å². The largest absolute Gasteiger partial charge is 0.315 e. The van der Waals surface area contributed by atoms with E-state index < -0.39 is 0 Å².